The van der Waals surface area contributed by atoms with E-state index in [1.54, 1.807) is 0 Å². The zero-order valence-electron chi connectivity index (χ0n) is 24.3. The van der Waals surface area contributed by atoms with Crippen molar-refractivity contribution in [3.63, 3.8) is 0 Å². The second kappa shape index (κ2) is 12.8. The predicted octanol–water partition coefficient (Wildman–Crippen LogP) is 5.32. The van der Waals surface area contributed by atoms with E-state index in [4.69, 9.17) is 0 Å². The molecule has 0 amide bonds. The second-order valence-electron chi connectivity index (χ2n) is 9.68. The van der Waals surface area contributed by atoms with Crippen LogP contribution in [-0.2, 0) is 0 Å². The minimum atomic E-state index is -6.25. The lowest BCUT2D eigenvalue weighted by Crippen LogP contribution is -2.79. The summed E-state index contributed by atoms with van der Waals surface area (Å²) >= 11 is 0. The van der Waals surface area contributed by atoms with Crippen molar-refractivity contribution < 1.29 is 89.2 Å². The third-order valence-electron chi connectivity index (χ3n) is 7.58. The monoisotopic (exact) mass is 727 g/mol. The maximum Gasteiger partial charge on any atom is 0.201 e. The van der Waals surface area contributed by atoms with Gasteiger partial charge in [0.1, 0.15) is 52.4 Å². The summed E-state index contributed by atoms with van der Waals surface area (Å²) in [4.78, 5) is 0. The molecule has 4 rings (SSSR count). The molecule has 0 heterocycles. The van der Waals surface area contributed by atoms with Crippen molar-refractivity contribution >= 4 is 28.0 Å². The normalized spacial score (nSPS) is 11.7. The number of hydrogen-bond acceptors (Lipinski definition) is 4. The Morgan fingerprint density at radius 1 is 0.245 bits per heavy atom. The van der Waals surface area contributed by atoms with E-state index in [1.807, 2.05) is 0 Å². The van der Waals surface area contributed by atoms with Gasteiger partial charge in [-0.2, -0.15) is 17.6 Å². The Labute approximate surface area is 262 Å². The molecule has 4 aromatic rings. The highest BCUT2D eigenvalue weighted by atomic mass is 19.2. The summed E-state index contributed by atoms with van der Waals surface area (Å²) in [5.41, 5.74) is -10.4. The summed E-state index contributed by atoms with van der Waals surface area (Å²) in [6, 6.07) is 0. The molecule has 0 atom stereocenters. The van der Waals surface area contributed by atoms with Crippen LogP contribution in [0.5, 0.6) is 23.0 Å². The standard InChI is InChI=1S/C28H12BF16O4/c1-46-25-5(9(30)13(34)17(38)21(25)42)29(6-10(31)14(35)18(39)22(43)26(6)47-2,7-11(32)15(36)19(40)23(44)27(7)48-3)8-12(33)16(37)20(41)24(45)28(8)49-4/h1-4H3/q-1. The van der Waals surface area contributed by atoms with E-state index in [1.165, 1.54) is 0 Å². The van der Waals surface area contributed by atoms with E-state index < -0.39 is 144 Å². The summed E-state index contributed by atoms with van der Waals surface area (Å²) in [5.74, 6) is -56.6. The number of ether oxygens (including phenoxy) is 4. The van der Waals surface area contributed by atoms with Crippen LogP contribution in [0, 0.1) is 93.1 Å². The predicted molar refractivity (Wildman–Crippen MR) is 136 cm³/mol. The van der Waals surface area contributed by atoms with Crippen molar-refractivity contribution in [3.05, 3.63) is 93.1 Å². The van der Waals surface area contributed by atoms with Crippen LogP contribution in [-0.4, -0.2) is 34.6 Å². The molecule has 4 aromatic carbocycles. The maximum absolute atomic E-state index is 16.3. The average Bonchev–Trinajstić information content (AvgIpc) is 3.09. The molecule has 0 saturated heterocycles. The van der Waals surface area contributed by atoms with Gasteiger partial charge in [0.25, 0.3) is 0 Å². The molecule has 0 unspecified atom stereocenters. The van der Waals surface area contributed by atoms with Gasteiger partial charge >= 0.3 is 0 Å². The molecule has 0 aliphatic heterocycles. The van der Waals surface area contributed by atoms with Crippen molar-refractivity contribution in [1.82, 2.24) is 0 Å². The molecule has 0 N–H and O–H groups in total. The molecule has 4 nitrogen and oxygen atoms in total. The lowest BCUT2D eigenvalue weighted by molar-refractivity contribution is 0.345. The van der Waals surface area contributed by atoms with E-state index in [2.05, 4.69) is 18.9 Å². The van der Waals surface area contributed by atoms with E-state index >= 15 is 52.7 Å². The summed E-state index contributed by atoms with van der Waals surface area (Å²) in [6.07, 6.45) is -6.25. The molecule has 49 heavy (non-hydrogen) atoms. The highest BCUT2D eigenvalue weighted by Gasteiger charge is 2.53. The van der Waals surface area contributed by atoms with Gasteiger partial charge in [0, 0.05) is 0 Å². The zero-order valence-corrected chi connectivity index (χ0v) is 24.3. The molecule has 0 aromatic heterocycles. The fraction of sp³-hybridized carbons (Fsp3) is 0.143. The van der Waals surface area contributed by atoms with E-state index in [0.717, 1.165) is 0 Å². The number of halogens is 16. The first-order chi connectivity index (χ1) is 22.9. The first kappa shape index (κ1) is 36.9. The number of methoxy groups -OCH3 is 4. The van der Waals surface area contributed by atoms with Gasteiger partial charge in [-0.1, -0.05) is 0 Å². The van der Waals surface area contributed by atoms with Gasteiger partial charge in [-0.15, -0.1) is 21.9 Å². The van der Waals surface area contributed by atoms with Crippen molar-refractivity contribution in [2.24, 2.45) is 0 Å². The van der Waals surface area contributed by atoms with Crippen molar-refractivity contribution in [1.29, 1.82) is 0 Å². The quantitative estimate of drug-likeness (QED) is 0.107. The molecular formula is C28H12BF16O4-. The molecule has 0 aliphatic carbocycles. The third kappa shape index (κ3) is 4.78. The van der Waals surface area contributed by atoms with E-state index in [-0.39, 0.29) is 28.4 Å². The lowest BCUT2D eigenvalue weighted by Gasteiger charge is -2.46. The second-order valence-corrected chi connectivity index (χ2v) is 9.68. The third-order valence-corrected chi connectivity index (χ3v) is 7.58. The zero-order chi connectivity index (χ0) is 37.2. The molecular weight excluding hydrogens is 715 g/mol. The fourth-order valence-electron chi connectivity index (χ4n) is 5.73. The Kier molecular flexibility index (Phi) is 9.63. The van der Waals surface area contributed by atoms with Crippen LogP contribution in [0.3, 0.4) is 0 Å². The van der Waals surface area contributed by atoms with Gasteiger partial charge in [-0.05, 0) is 0 Å². The molecule has 0 spiro atoms. The fourth-order valence-corrected chi connectivity index (χ4v) is 5.73. The van der Waals surface area contributed by atoms with Crippen molar-refractivity contribution in [2.75, 3.05) is 28.4 Å². The summed E-state index contributed by atoms with van der Waals surface area (Å²) < 4.78 is 263. The van der Waals surface area contributed by atoms with Gasteiger partial charge < -0.3 is 18.9 Å². The topological polar surface area (TPSA) is 36.9 Å². The Morgan fingerprint density at radius 2 is 0.388 bits per heavy atom. The van der Waals surface area contributed by atoms with E-state index in [0.29, 0.717) is 0 Å². The molecule has 264 valence electrons. The van der Waals surface area contributed by atoms with Crippen molar-refractivity contribution in [3.8, 4) is 23.0 Å². The molecule has 0 fully saturated rings. The number of hydrogen-bond donors (Lipinski definition) is 0. The lowest BCUT2D eigenvalue weighted by atomic mass is 9.12. The maximum atomic E-state index is 16.3. The molecule has 0 radical (unpaired) electrons. The number of benzene rings is 4. The van der Waals surface area contributed by atoms with Crippen LogP contribution >= 0.6 is 0 Å². The van der Waals surface area contributed by atoms with Crippen LogP contribution in [0.1, 0.15) is 0 Å². The summed E-state index contributed by atoms with van der Waals surface area (Å²) in [5, 5.41) is 0. The highest BCUT2D eigenvalue weighted by Crippen LogP contribution is 2.38. The SMILES string of the molecule is COc1c(F)c(F)c(F)c(F)c1[B-](c1c(F)c(F)c(F)c(F)c1OC)(c1c(F)c(F)c(F)c(F)c1OC)c1c(F)c(F)c(F)c(F)c1OC. The minimum Gasteiger partial charge on any atom is -0.497 e. The number of rotatable bonds is 8. The Balaban J connectivity index is 2.78. The van der Waals surface area contributed by atoms with Crippen LogP contribution in [0.25, 0.3) is 0 Å². The van der Waals surface area contributed by atoms with Gasteiger partial charge in [0.05, 0.1) is 28.4 Å². The van der Waals surface area contributed by atoms with Gasteiger partial charge in [0.15, 0.2) is 23.3 Å². The van der Waals surface area contributed by atoms with E-state index in [9.17, 15) is 17.6 Å². The first-order valence-electron chi connectivity index (χ1n) is 12.6. The molecule has 0 bridgehead atoms. The van der Waals surface area contributed by atoms with Crippen LogP contribution in [0.15, 0.2) is 0 Å². The molecule has 21 heteroatoms. The minimum absolute atomic E-state index is 0.220. The van der Waals surface area contributed by atoms with Crippen LogP contribution in [0.2, 0.25) is 0 Å². The largest absolute Gasteiger partial charge is 0.497 e. The molecule has 0 saturated carbocycles. The summed E-state index contributed by atoms with van der Waals surface area (Å²) in [7, 11) is 0.880. The Bertz CT molecular complexity index is 1760. The van der Waals surface area contributed by atoms with Crippen LogP contribution < -0.4 is 40.8 Å². The highest BCUT2D eigenvalue weighted by molar-refractivity contribution is 7.21. The molecule has 0 aliphatic rings. The Morgan fingerprint density at radius 3 is 0.531 bits per heavy atom. The average molecular weight is 727 g/mol. The Hall–Kier alpha value is -4.98. The smallest absolute Gasteiger partial charge is 0.201 e. The first-order valence-corrected chi connectivity index (χ1v) is 12.6. The van der Waals surface area contributed by atoms with Gasteiger partial charge in [0.2, 0.25) is 46.5 Å². The summed E-state index contributed by atoms with van der Waals surface area (Å²) in [6.45, 7) is 0. The van der Waals surface area contributed by atoms with Gasteiger partial charge in [-0.25, -0.2) is 52.7 Å². The van der Waals surface area contributed by atoms with Gasteiger partial charge in [-0.3, -0.25) is 0 Å². The van der Waals surface area contributed by atoms with Crippen molar-refractivity contribution in [2.45, 2.75) is 0 Å². The van der Waals surface area contributed by atoms with Crippen LogP contribution in [0.4, 0.5) is 70.2 Å².